The summed E-state index contributed by atoms with van der Waals surface area (Å²) in [6.45, 7) is 1.77. The molecule has 8 heteroatoms. The number of aromatic nitrogens is 3. The van der Waals surface area contributed by atoms with Gasteiger partial charge >= 0.3 is 0 Å². The third kappa shape index (κ3) is 3.08. The van der Waals surface area contributed by atoms with Crippen molar-refractivity contribution in [2.45, 2.75) is 18.9 Å². The largest absolute Gasteiger partial charge is 0.346 e. The lowest BCUT2D eigenvalue weighted by Gasteiger charge is -2.24. The molecule has 0 bridgehead atoms. The van der Waals surface area contributed by atoms with Crippen molar-refractivity contribution in [3.63, 3.8) is 0 Å². The van der Waals surface area contributed by atoms with Crippen LogP contribution in [0.15, 0.2) is 48.9 Å². The molecule has 1 fully saturated rings. The van der Waals surface area contributed by atoms with Crippen molar-refractivity contribution >= 4 is 21.4 Å². The number of benzene rings is 1. The fourth-order valence-electron chi connectivity index (χ4n) is 3.31. The van der Waals surface area contributed by atoms with Crippen LogP contribution < -0.4 is 5.32 Å². The van der Waals surface area contributed by atoms with Crippen molar-refractivity contribution in [1.29, 1.82) is 0 Å². The number of sulfone groups is 1. The molecule has 2 aromatic heterocycles. The molecular formula is C18H18N4O3S. The Balaban J connectivity index is 1.63. The van der Waals surface area contributed by atoms with Crippen molar-refractivity contribution in [3.8, 4) is 11.1 Å². The van der Waals surface area contributed by atoms with Gasteiger partial charge in [0.15, 0.2) is 15.5 Å². The van der Waals surface area contributed by atoms with Crippen LogP contribution in [0.25, 0.3) is 16.8 Å². The van der Waals surface area contributed by atoms with E-state index in [0.29, 0.717) is 17.6 Å². The number of hydrogen-bond acceptors (Lipinski definition) is 5. The van der Waals surface area contributed by atoms with Gasteiger partial charge in [0.05, 0.1) is 23.2 Å². The normalized spacial score (nSPS) is 21.7. The lowest BCUT2D eigenvalue weighted by atomic mass is 10.00. The molecule has 4 rings (SSSR count). The predicted octanol–water partition coefficient (Wildman–Crippen LogP) is 1.70. The van der Waals surface area contributed by atoms with Crippen LogP contribution >= 0.6 is 0 Å². The van der Waals surface area contributed by atoms with Gasteiger partial charge in [-0.2, -0.15) is 5.10 Å². The maximum absolute atomic E-state index is 12.7. The van der Waals surface area contributed by atoms with E-state index in [0.717, 1.165) is 11.1 Å². The van der Waals surface area contributed by atoms with Crippen molar-refractivity contribution in [2.75, 3.05) is 11.5 Å². The number of nitrogens with zero attached hydrogens (tertiary/aromatic N) is 3. The molecule has 1 aliphatic heterocycles. The minimum Gasteiger partial charge on any atom is -0.346 e. The van der Waals surface area contributed by atoms with Gasteiger partial charge in [0.2, 0.25) is 0 Å². The zero-order chi connectivity index (χ0) is 18.4. The Hall–Kier alpha value is -2.74. The summed E-state index contributed by atoms with van der Waals surface area (Å²) in [4.78, 5) is 17.0. The summed E-state index contributed by atoms with van der Waals surface area (Å²) >= 11 is 0. The summed E-state index contributed by atoms with van der Waals surface area (Å²) in [5.74, 6) is -0.197. The SMILES string of the molecule is C[C@@]1(NC(=O)c2cccc(-c3cnn4cccnc34)c2)CCS(=O)(=O)C1. The highest BCUT2D eigenvalue weighted by atomic mass is 32.2. The zero-order valence-corrected chi connectivity index (χ0v) is 15.0. The van der Waals surface area contributed by atoms with Crippen LogP contribution in [0, 0.1) is 0 Å². The van der Waals surface area contributed by atoms with Crippen molar-refractivity contribution in [1.82, 2.24) is 19.9 Å². The van der Waals surface area contributed by atoms with Gasteiger partial charge in [0.25, 0.3) is 5.91 Å². The molecule has 134 valence electrons. The predicted molar refractivity (Wildman–Crippen MR) is 97.6 cm³/mol. The van der Waals surface area contributed by atoms with Crippen LogP contribution in [0.5, 0.6) is 0 Å². The first kappa shape index (κ1) is 16.7. The first-order valence-electron chi connectivity index (χ1n) is 8.27. The smallest absolute Gasteiger partial charge is 0.251 e. The van der Waals surface area contributed by atoms with Crippen LogP contribution in [-0.4, -0.2) is 46.0 Å². The quantitative estimate of drug-likeness (QED) is 0.757. The Bertz CT molecular complexity index is 1110. The summed E-state index contributed by atoms with van der Waals surface area (Å²) in [5.41, 5.74) is 2.12. The van der Waals surface area contributed by atoms with Gasteiger partial charge in [-0.15, -0.1) is 0 Å². The maximum Gasteiger partial charge on any atom is 0.251 e. The Kier molecular flexibility index (Phi) is 3.80. The molecule has 0 radical (unpaired) electrons. The van der Waals surface area contributed by atoms with Crippen LogP contribution in [-0.2, 0) is 9.84 Å². The van der Waals surface area contributed by atoms with Crippen LogP contribution in [0.1, 0.15) is 23.7 Å². The second-order valence-electron chi connectivity index (χ2n) is 6.88. The zero-order valence-electron chi connectivity index (χ0n) is 14.2. The lowest BCUT2D eigenvalue weighted by molar-refractivity contribution is 0.0915. The maximum atomic E-state index is 12.7. The molecule has 26 heavy (non-hydrogen) atoms. The van der Waals surface area contributed by atoms with Gasteiger partial charge in [-0.05, 0) is 37.1 Å². The van der Waals surface area contributed by atoms with Crippen LogP contribution in [0.4, 0.5) is 0 Å². The van der Waals surface area contributed by atoms with E-state index in [2.05, 4.69) is 15.4 Å². The molecule has 3 aromatic rings. The summed E-state index contributed by atoms with van der Waals surface area (Å²) in [7, 11) is -3.08. The van der Waals surface area contributed by atoms with Gasteiger partial charge in [0, 0.05) is 23.5 Å². The number of amides is 1. The highest BCUT2D eigenvalue weighted by Crippen LogP contribution is 2.26. The number of carbonyl (C=O) groups is 1. The second kappa shape index (κ2) is 5.91. The van der Waals surface area contributed by atoms with E-state index in [1.54, 1.807) is 48.1 Å². The highest BCUT2D eigenvalue weighted by molar-refractivity contribution is 7.91. The Morgan fingerprint density at radius 3 is 2.92 bits per heavy atom. The third-order valence-corrected chi connectivity index (χ3v) is 6.54. The molecule has 0 unspecified atom stereocenters. The van der Waals surface area contributed by atoms with Gasteiger partial charge in [-0.25, -0.2) is 17.9 Å². The average Bonchev–Trinajstić information content (AvgIpc) is 3.15. The Morgan fingerprint density at radius 2 is 2.15 bits per heavy atom. The molecule has 7 nitrogen and oxygen atoms in total. The molecule has 3 heterocycles. The molecule has 1 atom stereocenters. The van der Waals surface area contributed by atoms with E-state index in [4.69, 9.17) is 0 Å². The fraction of sp³-hybridized carbons (Fsp3) is 0.278. The Labute approximate surface area is 151 Å². The number of hydrogen-bond donors (Lipinski definition) is 1. The molecule has 1 amide bonds. The van der Waals surface area contributed by atoms with E-state index in [9.17, 15) is 13.2 Å². The van der Waals surface area contributed by atoms with Gasteiger partial charge < -0.3 is 5.32 Å². The van der Waals surface area contributed by atoms with Crippen molar-refractivity contribution < 1.29 is 13.2 Å². The molecular weight excluding hydrogens is 352 g/mol. The van der Waals surface area contributed by atoms with Gasteiger partial charge in [-0.3, -0.25) is 4.79 Å². The number of rotatable bonds is 3. The molecule has 0 saturated carbocycles. The summed E-state index contributed by atoms with van der Waals surface area (Å²) in [6, 6.07) is 8.97. The molecule has 1 saturated heterocycles. The lowest BCUT2D eigenvalue weighted by Crippen LogP contribution is -2.46. The molecule has 0 aliphatic carbocycles. The second-order valence-corrected chi connectivity index (χ2v) is 9.07. The van der Waals surface area contributed by atoms with E-state index >= 15 is 0 Å². The molecule has 1 aromatic carbocycles. The van der Waals surface area contributed by atoms with Gasteiger partial charge in [0.1, 0.15) is 0 Å². The molecule has 0 spiro atoms. The van der Waals surface area contributed by atoms with Crippen LogP contribution in [0.3, 0.4) is 0 Å². The van der Waals surface area contributed by atoms with E-state index < -0.39 is 15.4 Å². The minimum atomic E-state index is -3.08. The fourth-order valence-corrected chi connectivity index (χ4v) is 5.41. The van der Waals surface area contributed by atoms with Crippen molar-refractivity contribution in [2.24, 2.45) is 0 Å². The molecule has 1 aliphatic rings. The summed E-state index contributed by atoms with van der Waals surface area (Å²) in [5, 5.41) is 7.15. The van der Waals surface area contributed by atoms with E-state index in [-0.39, 0.29) is 17.4 Å². The van der Waals surface area contributed by atoms with E-state index in [1.807, 2.05) is 12.3 Å². The molecule has 1 N–H and O–H groups in total. The summed E-state index contributed by atoms with van der Waals surface area (Å²) < 4.78 is 25.1. The third-order valence-electron chi connectivity index (χ3n) is 4.63. The minimum absolute atomic E-state index is 0.0244. The summed E-state index contributed by atoms with van der Waals surface area (Å²) in [6.07, 6.45) is 5.64. The number of carbonyl (C=O) groups excluding carboxylic acids is 1. The van der Waals surface area contributed by atoms with Crippen molar-refractivity contribution in [3.05, 3.63) is 54.5 Å². The first-order valence-corrected chi connectivity index (χ1v) is 10.1. The first-order chi connectivity index (χ1) is 12.4. The van der Waals surface area contributed by atoms with Gasteiger partial charge in [-0.1, -0.05) is 12.1 Å². The monoisotopic (exact) mass is 370 g/mol. The van der Waals surface area contributed by atoms with E-state index in [1.165, 1.54) is 0 Å². The van der Waals surface area contributed by atoms with Crippen LogP contribution in [0.2, 0.25) is 0 Å². The number of fused-ring (bicyclic) bond motifs is 1. The Morgan fingerprint density at radius 1 is 1.31 bits per heavy atom. The highest BCUT2D eigenvalue weighted by Gasteiger charge is 2.39. The standard InChI is InChI=1S/C18H18N4O3S/c1-18(6-9-26(24,25)12-18)21-17(23)14-5-2-4-13(10-14)15-11-20-22-8-3-7-19-16(15)22/h2-5,7-8,10-11H,6,9,12H2,1H3,(H,21,23)/t18-/m1/s1. The number of nitrogens with one attached hydrogen (secondary N) is 1. The average molecular weight is 370 g/mol. The topological polar surface area (TPSA) is 93.4 Å².